The van der Waals surface area contributed by atoms with Gasteiger partial charge in [0.15, 0.2) is 0 Å². The molecule has 0 atom stereocenters. The number of nitrogens with one attached hydrogen (secondary N) is 1. The Morgan fingerprint density at radius 1 is 1.33 bits per heavy atom. The van der Waals surface area contributed by atoms with Gasteiger partial charge in [0.25, 0.3) is 5.91 Å². The number of rotatable bonds is 1. The first-order valence-corrected chi connectivity index (χ1v) is 5.97. The van der Waals surface area contributed by atoms with Gasteiger partial charge >= 0.3 is 0 Å². The molecule has 0 unspecified atom stereocenters. The van der Waals surface area contributed by atoms with Crippen molar-refractivity contribution in [3.05, 3.63) is 32.9 Å². The molecule has 1 rings (SSSR count). The van der Waals surface area contributed by atoms with E-state index in [-0.39, 0.29) is 11.4 Å². The van der Waals surface area contributed by atoms with Crippen molar-refractivity contribution in [2.24, 2.45) is 0 Å². The van der Waals surface area contributed by atoms with E-state index in [0.717, 1.165) is 14.7 Å². The molecule has 0 bridgehead atoms. The molecule has 1 aromatic carbocycles. The number of aryl methyl sites for hydroxylation is 1. The Morgan fingerprint density at radius 3 is 2.47 bits per heavy atom. The molecule has 0 aromatic heterocycles. The molecule has 0 saturated carbocycles. The lowest BCUT2D eigenvalue weighted by atomic mass is 10.1. The lowest BCUT2D eigenvalue weighted by Crippen LogP contribution is -2.40. The smallest absolute Gasteiger partial charge is 0.252 e. The van der Waals surface area contributed by atoms with E-state index in [9.17, 15) is 4.79 Å². The van der Waals surface area contributed by atoms with Crippen molar-refractivity contribution in [2.45, 2.75) is 33.2 Å². The first-order chi connectivity index (χ1) is 6.81. The van der Waals surface area contributed by atoms with Crippen LogP contribution in [-0.2, 0) is 0 Å². The van der Waals surface area contributed by atoms with Gasteiger partial charge in [-0.1, -0.05) is 12.1 Å². The summed E-state index contributed by atoms with van der Waals surface area (Å²) < 4.78 is 1.02. The van der Waals surface area contributed by atoms with Crippen molar-refractivity contribution in [2.75, 3.05) is 0 Å². The fourth-order valence-electron chi connectivity index (χ4n) is 1.23. The van der Waals surface area contributed by atoms with Crippen LogP contribution in [0.15, 0.2) is 18.2 Å². The maximum absolute atomic E-state index is 11.9. The van der Waals surface area contributed by atoms with Crippen LogP contribution in [0.3, 0.4) is 0 Å². The lowest BCUT2D eigenvalue weighted by molar-refractivity contribution is 0.0918. The number of halogens is 1. The number of hydrogen-bond acceptors (Lipinski definition) is 1. The van der Waals surface area contributed by atoms with Crippen molar-refractivity contribution in [3.8, 4) is 0 Å². The molecule has 0 aliphatic carbocycles. The average molecular weight is 317 g/mol. The topological polar surface area (TPSA) is 29.1 Å². The molecular weight excluding hydrogens is 301 g/mol. The van der Waals surface area contributed by atoms with Gasteiger partial charge in [0.05, 0.1) is 5.56 Å². The summed E-state index contributed by atoms with van der Waals surface area (Å²) >= 11 is 2.21. The molecule has 15 heavy (non-hydrogen) atoms. The monoisotopic (exact) mass is 317 g/mol. The van der Waals surface area contributed by atoms with Gasteiger partial charge in [0.1, 0.15) is 0 Å². The third-order valence-electron chi connectivity index (χ3n) is 1.92. The van der Waals surface area contributed by atoms with Gasteiger partial charge in [0, 0.05) is 9.11 Å². The van der Waals surface area contributed by atoms with E-state index in [1.165, 1.54) is 0 Å². The second kappa shape index (κ2) is 4.51. The molecule has 0 aliphatic heterocycles. The number of carbonyl (C=O) groups is 1. The van der Waals surface area contributed by atoms with Crippen LogP contribution in [0.25, 0.3) is 0 Å². The number of benzene rings is 1. The van der Waals surface area contributed by atoms with Gasteiger partial charge in [-0.15, -0.1) is 0 Å². The summed E-state index contributed by atoms with van der Waals surface area (Å²) in [6.07, 6.45) is 0. The molecule has 0 spiro atoms. The number of amides is 1. The van der Waals surface area contributed by atoms with Crippen LogP contribution in [0.2, 0.25) is 0 Å². The van der Waals surface area contributed by atoms with Crippen LogP contribution in [0.1, 0.15) is 36.7 Å². The van der Waals surface area contributed by atoms with Crippen LogP contribution in [-0.4, -0.2) is 11.4 Å². The molecule has 0 saturated heterocycles. The van der Waals surface area contributed by atoms with E-state index in [0.29, 0.717) is 0 Å². The summed E-state index contributed by atoms with van der Waals surface area (Å²) in [6.45, 7) is 7.95. The largest absolute Gasteiger partial charge is 0.347 e. The van der Waals surface area contributed by atoms with Gasteiger partial charge in [-0.25, -0.2) is 0 Å². The summed E-state index contributed by atoms with van der Waals surface area (Å²) in [5.41, 5.74) is 1.70. The third-order valence-corrected chi connectivity index (χ3v) is 3.36. The molecule has 0 fully saturated rings. The molecule has 0 heterocycles. The average Bonchev–Trinajstić information content (AvgIpc) is 2.06. The predicted molar refractivity (Wildman–Crippen MR) is 71.1 cm³/mol. The molecule has 0 aliphatic rings. The van der Waals surface area contributed by atoms with E-state index in [1.54, 1.807) is 0 Å². The van der Waals surface area contributed by atoms with Gasteiger partial charge in [-0.3, -0.25) is 4.79 Å². The molecule has 0 radical (unpaired) electrons. The maximum Gasteiger partial charge on any atom is 0.252 e. The highest BCUT2D eigenvalue weighted by molar-refractivity contribution is 14.1. The Bertz CT molecular complexity index is 380. The molecule has 1 aromatic rings. The Morgan fingerprint density at radius 2 is 1.93 bits per heavy atom. The Balaban J connectivity index is 2.97. The van der Waals surface area contributed by atoms with Crippen molar-refractivity contribution in [1.82, 2.24) is 5.32 Å². The van der Waals surface area contributed by atoms with E-state index < -0.39 is 0 Å². The fourth-order valence-corrected chi connectivity index (χ4v) is 1.84. The van der Waals surface area contributed by atoms with Gasteiger partial charge in [0.2, 0.25) is 0 Å². The van der Waals surface area contributed by atoms with Crippen molar-refractivity contribution >= 4 is 28.5 Å². The molecular formula is C12H16INO. The number of carbonyl (C=O) groups excluding carboxylic acids is 1. The summed E-state index contributed by atoms with van der Waals surface area (Å²) in [4.78, 5) is 11.9. The van der Waals surface area contributed by atoms with Crippen LogP contribution < -0.4 is 5.32 Å². The van der Waals surface area contributed by atoms with Crippen molar-refractivity contribution < 1.29 is 4.79 Å². The Labute approximate surface area is 105 Å². The maximum atomic E-state index is 11.9. The third kappa shape index (κ3) is 3.48. The molecule has 82 valence electrons. The molecule has 1 amide bonds. The minimum absolute atomic E-state index is 0.00407. The van der Waals surface area contributed by atoms with Gasteiger partial charge in [-0.05, 0) is 61.9 Å². The van der Waals surface area contributed by atoms with Crippen molar-refractivity contribution in [3.63, 3.8) is 0 Å². The van der Waals surface area contributed by atoms with E-state index >= 15 is 0 Å². The molecule has 3 heteroatoms. The van der Waals surface area contributed by atoms with Crippen molar-refractivity contribution in [1.29, 1.82) is 0 Å². The van der Waals surface area contributed by atoms with Gasteiger partial charge in [-0.2, -0.15) is 0 Å². The van der Waals surface area contributed by atoms with Crippen LogP contribution >= 0.6 is 22.6 Å². The SMILES string of the molecule is Cc1cccc(C(=O)NC(C)(C)C)c1I. The normalized spacial score (nSPS) is 11.3. The highest BCUT2D eigenvalue weighted by Gasteiger charge is 2.17. The quantitative estimate of drug-likeness (QED) is 0.792. The number of hydrogen-bond donors (Lipinski definition) is 1. The summed E-state index contributed by atoms with van der Waals surface area (Å²) in [7, 11) is 0. The summed E-state index contributed by atoms with van der Waals surface area (Å²) in [5.74, 6) is -0.00407. The highest BCUT2D eigenvalue weighted by Crippen LogP contribution is 2.17. The summed E-state index contributed by atoms with van der Waals surface area (Å²) in [5, 5.41) is 2.96. The standard InChI is InChI=1S/C12H16INO/c1-8-6-5-7-9(10(8)13)11(15)14-12(2,3)4/h5-7H,1-4H3,(H,14,15). The van der Waals surface area contributed by atoms with E-state index in [2.05, 4.69) is 27.9 Å². The lowest BCUT2D eigenvalue weighted by Gasteiger charge is -2.21. The minimum atomic E-state index is -0.191. The van der Waals surface area contributed by atoms with Crippen LogP contribution in [0.5, 0.6) is 0 Å². The predicted octanol–water partition coefficient (Wildman–Crippen LogP) is 3.13. The fraction of sp³-hybridized carbons (Fsp3) is 0.417. The summed E-state index contributed by atoms with van der Waals surface area (Å²) in [6, 6.07) is 5.78. The van der Waals surface area contributed by atoms with Gasteiger partial charge < -0.3 is 5.32 Å². The molecule has 1 N–H and O–H groups in total. The first-order valence-electron chi connectivity index (χ1n) is 4.89. The second-order valence-electron chi connectivity index (χ2n) is 4.64. The molecule has 2 nitrogen and oxygen atoms in total. The zero-order chi connectivity index (χ0) is 11.6. The zero-order valence-electron chi connectivity index (χ0n) is 9.52. The van der Waals surface area contributed by atoms with E-state index in [1.807, 2.05) is 45.9 Å². The Hall–Kier alpha value is -0.580. The van der Waals surface area contributed by atoms with E-state index in [4.69, 9.17) is 0 Å². The minimum Gasteiger partial charge on any atom is -0.347 e. The zero-order valence-corrected chi connectivity index (χ0v) is 11.7. The Kier molecular flexibility index (Phi) is 3.76. The van der Waals surface area contributed by atoms with Crippen LogP contribution in [0, 0.1) is 10.5 Å². The van der Waals surface area contributed by atoms with Crippen LogP contribution in [0.4, 0.5) is 0 Å². The highest BCUT2D eigenvalue weighted by atomic mass is 127. The second-order valence-corrected chi connectivity index (χ2v) is 5.72. The first kappa shape index (κ1) is 12.5.